The molecule has 0 spiro atoms. The summed E-state index contributed by atoms with van der Waals surface area (Å²) in [6.07, 6.45) is 2.67. The molecule has 5 heteroatoms. The summed E-state index contributed by atoms with van der Waals surface area (Å²) in [4.78, 5) is 6.87. The molecule has 3 rings (SSSR count). The quantitative estimate of drug-likeness (QED) is 0.599. The molecule has 0 amide bonds. The molecule has 0 radical (unpaired) electrons. The minimum atomic E-state index is 0.783. The summed E-state index contributed by atoms with van der Waals surface area (Å²) in [5.41, 5.74) is 3.97. The van der Waals surface area contributed by atoms with Crippen molar-refractivity contribution in [1.82, 2.24) is 15.5 Å². The molecule has 1 aromatic carbocycles. The van der Waals surface area contributed by atoms with Crippen molar-refractivity contribution in [2.45, 2.75) is 39.4 Å². The third-order valence-electron chi connectivity index (χ3n) is 5.03. The molecular formula is C21H30N4S. The molecule has 2 N–H and O–H groups in total. The molecule has 0 atom stereocenters. The van der Waals surface area contributed by atoms with Crippen LogP contribution in [0.4, 0.5) is 0 Å². The van der Waals surface area contributed by atoms with Crippen LogP contribution in [-0.4, -0.2) is 31.0 Å². The second-order valence-corrected chi connectivity index (χ2v) is 7.97. The van der Waals surface area contributed by atoms with Gasteiger partial charge in [0.15, 0.2) is 5.96 Å². The van der Waals surface area contributed by atoms with E-state index in [0.29, 0.717) is 0 Å². The van der Waals surface area contributed by atoms with Crippen LogP contribution in [0.5, 0.6) is 0 Å². The van der Waals surface area contributed by atoms with E-state index in [0.717, 1.165) is 31.5 Å². The van der Waals surface area contributed by atoms with Gasteiger partial charge in [0.05, 0.1) is 0 Å². The maximum Gasteiger partial charge on any atom is 0.191 e. The molecule has 0 unspecified atom stereocenters. The van der Waals surface area contributed by atoms with Gasteiger partial charge in [0.25, 0.3) is 0 Å². The molecule has 0 aliphatic carbocycles. The van der Waals surface area contributed by atoms with E-state index >= 15 is 0 Å². The lowest BCUT2D eigenvalue weighted by Gasteiger charge is -2.30. The average molecular weight is 371 g/mol. The summed E-state index contributed by atoms with van der Waals surface area (Å²) in [6.45, 7) is 7.49. The number of nitrogens with zero attached hydrogens (tertiary/aromatic N) is 2. The van der Waals surface area contributed by atoms with Crippen molar-refractivity contribution < 1.29 is 0 Å². The van der Waals surface area contributed by atoms with Crippen LogP contribution in [0.2, 0.25) is 0 Å². The van der Waals surface area contributed by atoms with Crippen LogP contribution in [0.3, 0.4) is 0 Å². The first-order chi connectivity index (χ1) is 12.7. The molecule has 2 heterocycles. The van der Waals surface area contributed by atoms with E-state index < -0.39 is 0 Å². The summed E-state index contributed by atoms with van der Waals surface area (Å²) < 4.78 is 0. The third-order valence-corrected chi connectivity index (χ3v) is 5.76. The van der Waals surface area contributed by atoms with E-state index in [1.54, 1.807) is 11.3 Å². The van der Waals surface area contributed by atoms with Gasteiger partial charge < -0.3 is 10.6 Å². The molecule has 2 aromatic rings. The highest BCUT2D eigenvalue weighted by Gasteiger charge is 2.15. The fourth-order valence-corrected chi connectivity index (χ4v) is 3.89. The van der Waals surface area contributed by atoms with Gasteiger partial charge in [0, 0.05) is 26.7 Å². The SMILES string of the molecule is CN=C(NCc1ccc(CN2CCC(C)CC2)cc1)NCc1ccsc1. The molecular weight excluding hydrogens is 340 g/mol. The van der Waals surface area contributed by atoms with Crippen LogP contribution in [0.25, 0.3) is 0 Å². The first-order valence-corrected chi connectivity index (χ1v) is 10.4. The zero-order valence-corrected chi connectivity index (χ0v) is 16.7. The number of piperidine rings is 1. The fourth-order valence-electron chi connectivity index (χ4n) is 3.23. The second-order valence-electron chi connectivity index (χ2n) is 7.19. The van der Waals surface area contributed by atoms with Gasteiger partial charge in [0.1, 0.15) is 0 Å². The minimum absolute atomic E-state index is 0.783. The van der Waals surface area contributed by atoms with Crippen LogP contribution >= 0.6 is 11.3 Å². The normalized spacial score (nSPS) is 16.6. The molecule has 26 heavy (non-hydrogen) atoms. The molecule has 0 bridgehead atoms. The maximum absolute atomic E-state index is 4.29. The summed E-state index contributed by atoms with van der Waals surface area (Å²) >= 11 is 1.72. The Morgan fingerprint density at radius 1 is 1.04 bits per heavy atom. The third kappa shape index (κ3) is 5.85. The Labute approximate surface area is 161 Å². The van der Waals surface area contributed by atoms with E-state index in [2.05, 4.69) is 68.5 Å². The lowest BCUT2D eigenvalue weighted by Crippen LogP contribution is -2.36. The minimum Gasteiger partial charge on any atom is -0.352 e. The van der Waals surface area contributed by atoms with Crippen molar-refractivity contribution in [3.05, 3.63) is 57.8 Å². The molecule has 1 aliphatic heterocycles. The molecule has 1 saturated heterocycles. The Kier molecular flexibility index (Phi) is 7.09. The van der Waals surface area contributed by atoms with E-state index in [1.165, 1.54) is 42.6 Å². The van der Waals surface area contributed by atoms with Gasteiger partial charge in [-0.1, -0.05) is 31.2 Å². The van der Waals surface area contributed by atoms with E-state index in [1.807, 2.05) is 7.05 Å². The largest absolute Gasteiger partial charge is 0.352 e. The van der Waals surface area contributed by atoms with Gasteiger partial charge in [-0.25, -0.2) is 0 Å². The number of hydrogen-bond acceptors (Lipinski definition) is 3. The standard InChI is InChI=1S/C21H30N4S/c1-17-7-10-25(11-8-17)15-19-5-3-18(4-6-19)13-23-21(22-2)24-14-20-9-12-26-16-20/h3-6,9,12,16-17H,7-8,10-11,13-15H2,1-2H3,(H2,22,23,24). The molecule has 4 nitrogen and oxygen atoms in total. The fraction of sp³-hybridized carbons (Fsp3) is 0.476. The van der Waals surface area contributed by atoms with Crippen LogP contribution in [-0.2, 0) is 19.6 Å². The van der Waals surface area contributed by atoms with E-state index in [-0.39, 0.29) is 0 Å². The first-order valence-electron chi connectivity index (χ1n) is 9.48. The summed E-state index contributed by atoms with van der Waals surface area (Å²) in [6, 6.07) is 11.1. The van der Waals surface area contributed by atoms with Crippen molar-refractivity contribution in [3.63, 3.8) is 0 Å². The summed E-state index contributed by atoms with van der Waals surface area (Å²) in [5, 5.41) is 11.0. The molecule has 0 saturated carbocycles. The van der Waals surface area contributed by atoms with Gasteiger partial charge in [-0.05, 0) is 65.4 Å². The summed E-state index contributed by atoms with van der Waals surface area (Å²) in [7, 11) is 1.81. The Balaban J connectivity index is 1.43. The van der Waals surface area contributed by atoms with Crippen molar-refractivity contribution in [2.24, 2.45) is 10.9 Å². The number of guanidine groups is 1. The van der Waals surface area contributed by atoms with Gasteiger partial charge in [-0.15, -0.1) is 0 Å². The molecule has 140 valence electrons. The Bertz CT molecular complexity index is 671. The van der Waals surface area contributed by atoms with Gasteiger partial charge in [-0.2, -0.15) is 11.3 Å². The molecule has 1 aliphatic rings. The zero-order chi connectivity index (χ0) is 18.2. The zero-order valence-electron chi connectivity index (χ0n) is 15.9. The highest BCUT2D eigenvalue weighted by Crippen LogP contribution is 2.18. The molecule has 1 fully saturated rings. The highest BCUT2D eigenvalue weighted by atomic mass is 32.1. The predicted octanol–water partition coefficient (Wildman–Crippen LogP) is 3.85. The number of likely N-dealkylation sites (tertiary alicyclic amines) is 1. The van der Waals surface area contributed by atoms with Gasteiger partial charge >= 0.3 is 0 Å². The average Bonchev–Trinajstić information content (AvgIpc) is 3.18. The highest BCUT2D eigenvalue weighted by molar-refractivity contribution is 7.07. The summed E-state index contributed by atoms with van der Waals surface area (Å²) in [5.74, 6) is 1.73. The van der Waals surface area contributed by atoms with Crippen molar-refractivity contribution in [3.8, 4) is 0 Å². The Hall–Kier alpha value is -1.85. The number of nitrogens with one attached hydrogen (secondary N) is 2. The van der Waals surface area contributed by atoms with E-state index in [4.69, 9.17) is 0 Å². The number of rotatable bonds is 6. The lowest BCUT2D eigenvalue weighted by molar-refractivity contribution is 0.185. The van der Waals surface area contributed by atoms with Crippen molar-refractivity contribution in [2.75, 3.05) is 20.1 Å². The predicted molar refractivity (Wildman–Crippen MR) is 111 cm³/mol. The monoisotopic (exact) mass is 370 g/mol. The van der Waals surface area contributed by atoms with Gasteiger partial charge in [-0.3, -0.25) is 9.89 Å². The number of benzene rings is 1. The first kappa shape index (κ1) is 18.9. The van der Waals surface area contributed by atoms with E-state index in [9.17, 15) is 0 Å². The Morgan fingerprint density at radius 3 is 2.31 bits per heavy atom. The smallest absolute Gasteiger partial charge is 0.191 e. The van der Waals surface area contributed by atoms with Crippen LogP contribution < -0.4 is 10.6 Å². The Morgan fingerprint density at radius 2 is 1.69 bits per heavy atom. The lowest BCUT2D eigenvalue weighted by atomic mass is 9.99. The number of aliphatic imine (C=N–C) groups is 1. The number of hydrogen-bond donors (Lipinski definition) is 2. The van der Waals surface area contributed by atoms with Crippen molar-refractivity contribution >= 4 is 17.3 Å². The molecule has 1 aromatic heterocycles. The topological polar surface area (TPSA) is 39.7 Å². The van der Waals surface area contributed by atoms with Crippen LogP contribution in [0.1, 0.15) is 36.5 Å². The maximum atomic E-state index is 4.29. The van der Waals surface area contributed by atoms with Crippen LogP contribution in [0.15, 0.2) is 46.1 Å². The number of thiophene rings is 1. The second kappa shape index (κ2) is 9.74. The van der Waals surface area contributed by atoms with Crippen molar-refractivity contribution in [1.29, 1.82) is 0 Å². The van der Waals surface area contributed by atoms with Gasteiger partial charge in [0.2, 0.25) is 0 Å². The van der Waals surface area contributed by atoms with Crippen LogP contribution in [0, 0.1) is 5.92 Å².